The number of sulfonamides is 1. The Kier molecular flexibility index (Phi) is 5.24. The monoisotopic (exact) mass is 316 g/mol. The highest BCUT2D eigenvalue weighted by atomic mass is 35.5. The third-order valence-electron chi connectivity index (χ3n) is 2.37. The Balaban J connectivity index is 2.80. The molecule has 1 rings (SSSR count). The van der Waals surface area contributed by atoms with Crippen LogP contribution in [0.2, 0.25) is 8.67 Å². The van der Waals surface area contributed by atoms with Crippen molar-refractivity contribution in [3.63, 3.8) is 0 Å². The van der Waals surface area contributed by atoms with Gasteiger partial charge in [0.25, 0.3) is 0 Å². The van der Waals surface area contributed by atoms with Gasteiger partial charge in [0.05, 0.1) is 4.34 Å². The van der Waals surface area contributed by atoms with Gasteiger partial charge in [0, 0.05) is 12.6 Å². The Morgan fingerprint density at radius 2 is 2.06 bits per heavy atom. The van der Waals surface area contributed by atoms with Gasteiger partial charge in [0.15, 0.2) is 0 Å². The molecule has 0 saturated carbocycles. The lowest BCUT2D eigenvalue weighted by Crippen LogP contribution is -2.38. The standard InChI is InChI=1S/C9H14Cl2N2O2S2/c1-6(13(2)3)5-12-17(14,15)7-4-8(10)16-9(7)11/h4,6,12H,5H2,1-3H3. The van der Waals surface area contributed by atoms with Crippen LogP contribution < -0.4 is 4.72 Å². The first-order valence-corrected chi connectivity index (χ1v) is 7.90. The van der Waals surface area contributed by atoms with Crippen molar-refractivity contribution in [2.24, 2.45) is 0 Å². The molecule has 1 heterocycles. The van der Waals surface area contributed by atoms with E-state index in [1.54, 1.807) is 0 Å². The largest absolute Gasteiger partial charge is 0.305 e. The highest BCUT2D eigenvalue weighted by molar-refractivity contribution is 7.89. The van der Waals surface area contributed by atoms with Crippen molar-refractivity contribution >= 4 is 44.6 Å². The average Bonchev–Trinajstić information content (AvgIpc) is 2.55. The van der Waals surface area contributed by atoms with Gasteiger partial charge in [0.2, 0.25) is 10.0 Å². The van der Waals surface area contributed by atoms with E-state index in [2.05, 4.69) is 4.72 Å². The van der Waals surface area contributed by atoms with Crippen LogP contribution in [-0.2, 0) is 10.0 Å². The lowest BCUT2D eigenvalue weighted by Gasteiger charge is -2.19. The lowest BCUT2D eigenvalue weighted by atomic mass is 10.3. The number of nitrogens with one attached hydrogen (secondary N) is 1. The smallest absolute Gasteiger partial charge is 0.243 e. The van der Waals surface area contributed by atoms with Crippen LogP contribution in [0.25, 0.3) is 0 Å². The van der Waals surface area contributed by atoms with Gasteiger partial charge in [-0.25, -0.2) is 13.1 Å². The molecule has 0 amide bonds. The van der Waals surface area contributed by atoms with Crippen molar-refractivity contribution in [2.75, 3.05) is 20.6 Å². The molecule has 1 aromatic rings. The Bertz CT molecular complexity index is 485. The molecule has 1 aromatic heterocycles. The van der Waals surface area contributed by atoms with Crippen molar-refractivity contribution in [1.29, 1.82) is 0 Å². The normalized spacial score (nSPS) is 14.2. The zero-order valence-electron chi connectivity index (χ0n) is 9.70. The van der Waals surface area contributed by atoms with Gasteiger partial charge in [-0.05, 0) is 27.1 Å². The van der Waals surface area contributed by atoms with Crippen LogP contribution >= 0.6 is 34.5 Å². The van der Waals surface area contributed by atoms with Crippen molar-refractivity contribution in [3.8, 4) is 0 Å². The van der Waals surface area contributed by atoms with Gasteiger partial charge in [-0.1, -0.05) is 23.2 Å². The van der Waals surface area contributed by atoms with Crippen molar-refractivity contribution in [3.05, 3.63) is 14.7 Å². The number of halogens is 2. The van der Waals surface area contributed by atoms with Gasteiger partial charge in [-0.15, -0.1) is 11.3 Å². The van der Waals surface area contributed by atoms with E-state index in [1.165, 1.54) is 6.07 Å². The van der Waals surface area contributed by atoms with Crippen LogP contribution in [0, 0.1) is 0 Å². The van der Waals surface area contributed by atoms with E-state index in [0.717, 1.165) is 11.3 Å². The molecule has 0 saturated heterocycles. The first kappa shape index (κ1) is 15.2. The minimum Gasteiger partial charge on any atom is -0.305 e. The molecule has 0 aromatic carbocycles. The average molecular weight is 317 g/mol. The van der Waals surface area contributed by atoms with E-state index in [4.69, 9.17) is 23.2 Å². The zero-order chi connectivity index (χ0) is 13.2. The molecular weight excluding hydrogens is 303 g/mol. The quantitative estimate of drug-likeness (QED) is 0.906. The fourth-order valence-corrected chi connectivity index (χ4v) is 4.27. The number of nitrogens with zero attached hydrogens (tertiary/aromatic N) is 1. The second kappa shape index (κ2) is 5.86. The molecular formula is C9H14Cl2N2O2S2. The van der Waals surface area contributed by atoms with Crippen LogP contribution in [0.3, 0.4) is 0 Å². The predicted octanol–water partition coefficient (Wildman–Crippen LogP) is 2.28. The number of likely N-dealkylation sites (N-methyl/N-ethyl adjacent to an activating group) is 1. The Morgan fingerprint density at radius 1 is 1.47 bits per heavy atom. The third-order valence-corrected chi connectivity index (χ3v) is 5.54. The third kappa shape index (κ3) is 4.08. The molecule has 0 bridgehead atoms. The van der Waals surface area contributed by atoms with Gasteiger partial charge < -0.3 is 4.90 Å². The summed E-state index contributed by atoms with van der Waals surface area (Å²) in [6.07, 6.45) is 0. The molecule has 0 radical (unpaired) electrons. The van der Waals surface area contributed by atoms with E-state index in [0.29, 0.717) is 10.9 Å². The fourth-order valence-electron chi connectivity index (χ4n) is 0.999. The van der Waals surface area contributed by atoms with E-state index in [-0.39, 0.29) is 15.3 Å². The van der Waals surface area contributed by atoms with Crippen LogP contribution in [0.15, 0.2) is 11.0 Å². The van der Waals surface area contributed by atoms with Gasteiger partial charge >= 0.3 is 0 Å². The second-order valence-corrected chi connectivity index (χ2v) is 7.87. The first-order valence-electron chi connectivity index (χ1n) is 4.85. The first-order chi connectivity index (χ1) is 7.74. The summed E-state index contributed by atoms with van der Waals surface area (Å²) < 4.78 is 26.9. The van der Waals surface area contributed by atoms with Gasteiger partial charge in [-0.3, -0.25) is 0 Å². The summed E-state index contributed by atoms with van der Waals surface area (Å²) in [5, 5.41) is 0. The van der Waals surface area contributed by atoms with Crippen LogP contribution in [0.4, 0.5) is 0 Å². The lowest BCUT2D eigenvalue weighted by molar-refractivity contribution is 0.314. The summed E-state index contributed by atoms with van der Waals surface area (Å²) in [7, 11) is 0.183. The predicted molar refractivity (Wildman–Crippen MR) is 72.7 cm³/mol. The molecule has 0 fully saturated rings. The molecule has 4 nitrogen and oxygen atoms in total. The summed E-state index contributed by atoms with van der Waals surface area (Å²) in [6, 6.07) is 1.45. The number of hydrogen-bond donors (Lipinski definition) is 1. The summed E-state index contributed by atoms with van der Waals surface area (Å²) in [4.78, 5) is 1.96. The molecule has 98 valence electrons. The molecule has 0 spiro atoms. The second-order valence-electron chi connectivity index (χ2n) is 3.85. The van der Waals surface area contributed by atoms with E-state index < -0.39 is 10.0 Å². The van der Waals surface area contributed by atoms with E-state index in [1.807, 2.05) is 25.9 Å². The Morgan fingerprint density at radius 3 is 2.47 bits per heavy atom. The van der Waals surface area contributed by atoms with Crippen molar-refractivity contribution in [1.82, 2.24) is 9.62 Å². The minimum atomic E-state index is -3.58. The molecule has 17 heavy (non-hydrogen) atoms. The summed E-state index contributed by atoms with van der Waals surface area (Å²) in [5.74, 6) is 0. The highest BCUT2D eigenvalue weighted by Gasteiger charge is 2.21. The fraction of sp³-hybridized carbons (Fsp3) is 0.556. The van der Waals surface area contributed by atoms with E-state index in [9.17, 15) is 8.42 Å². The molecule has 0 aliphatic carbocycles. The van der Waals surface area contributed by atoms with Gasteiger partial charge in [-0.2, -0.15) is 0 Å². The maximum absolute atomic E-state index is 11.9. The van der Waals surface area contributed by atoms with Crippen LogP contribution in [0.1, 0.15) is 6.92 Å². The zero-order valence-corrected chi connectivity index (χ0v) is 12.8. The Labute approximate surface area is 116 Å². The highest BCUT2D eigenvalue weighted by Crippen LogP contribution is 2.33. The number of thiophene rings is 1. The molecule has 0 aliphatic heterocycles. The van der Waals surface area contributed by atoms with E-state index >= 15 is 0 Å². The van der Waals surface area contributed by atoms with Crippen molar-refractivity contribution < 1.29 is 8.42 Å². The van der Waals surface area contributed by atoms with Crippen LogP contribution in [-0.4, -0.2) is 40.0 Å². The maximum Gasteiger partial charge on any atom is 0.243 e. The SMILES string of the molecule is CC(CNS(=O)(=O)c1cc(Cl)sc1Cl)N(C)C. The summed E-state index contributed by atoms with van der Waals surface area (Å²) >= 11 is 12.6. The molecule has 1 N–H and O–H groups in total. The van der Waals surface area contributed by atoms with Gasteiger partial charge in [0.1, 0.15) is 9.23 Å². The number of hydrogen-bond acceptors (Lipinski definition) is 4. The molecule has 1 unspecified atom stereocenters. The molecule has 8 heteroatoms. The minimum absolute atomic E-state index is 0.0418. The maximum atomic E-state index is 11.9. The Hall–Kier alpha value is 0.150. The molecule has 0 aliphatic rings. The summed E-state index contributed by atoms with van der Waals surface area (Å²) in [6.45, 7) is 2.24. The van der Waals surface area contributed by atoms with Crippen LogP contribution in [0.5, 0.6) is 0 Å². The summed E-state index contributed by atoms with van der Waals surface area (Å²) in [5.41, 5.74) is 0. The number of rotatable bonds is 5. The topological polar surface area (TPSA) is 49.4 Å². The molecule has 1 atom stereocenters. The van der Waals surface area contributed by atoms with Crippen molar-refractivity contribution in [2.45, 2.75) is 17.9 Å².